The summed E-state index contributed by atoms with van der Waals surface area (Å²) < 4.78 is 77.2. The van der Waals surface area contributed by atoms with Crippen LogP contribution >= 0.6 is 0 Å². The second-order valence-corrected chi connectivity index (χ2v) is 7.29. The molecule has 0 radical (unpaired) electrons. The number of rotatable bonds is 5. The highest BCUT2D eigenvalue weighted by molar-refractivity contribution is 7.89. The van der Waals surface area contributed by atoms with E-state index in [-0.39, 0.29) is 19.2 Å². The summed E-state index contributed by atoms with van der Waals surface area (Å²) in [6.07, 6.45) is -4.79. The molecule has 1 N–H and O–H groups in total. The first kappa shape index (κ1) is 18.9. The normalized spacial score (nSPS) is 13.7. The van der Waals surface area contributed by atoms with Gasteiger partial charge in [-0.3, -0.25) is 0 Å². The topological polar surface area (TPSA) is 57.6 Å². The van der Waals surface area contributed by atoms with Gasteiger partial charge < -0.3 is 5.11 Å². The minimum atomic E-state index is -4.79. The van der Waals surface area contributed by atoms with Crippen molar-refractivity contribution in [3.8, 4) is 0 Å². The fourth-order valence-corrected chi connectivity index (χ4v) is 3.51. The Balaban J connectivity index is 3.38. The van der Waals surface area contributed by atoms with Crippen LogP contribution in [0.1, 0.15) is 26.3 Å². The van der Waals surface area contributed by atoms with Gasteiger partial charge in [-0.25, -0.2) is 12.8 Å². The van der Waals surface area contributed by atoms with E-state index in [0.717, 1.165) is 4.31 Å². The van der Waals surface area contributed by atoms with E-state index < -0.39 is 38.1 Å². The Morgan fingerprint density at radius 1 is 1.23 bits per heavy atom. The molecule has 0 aliphatic carbocycles. The molecular weight excluding hydrogens is 326 g/mol. The average molecular weight is 343 g/mol. The van der Waals surface area contributed by atoms with Crippen LogP contribution in [0.25, 0.3) is 0 Å². The van der Waals surface area contributed by atoms with E-state index in [1.54, 1.807) is 0 Å². The molecule has 0 bridgehead atoms. The molecule has 0 amide bonds. The summed E-state index contributed by atoms with van der Waals surface area (Å²) in [4.78, 5) is -1.06. The van der Waals surface area contributed by atoms with Crippen molar-refractivity contribution in [3.05, 3.63) is 29.6 Å². The third kappa shape index (κ3) is 4.40. The fourth-order valence-electron chi connectivity index (χ4n) is 1.81. The summed E-state index contributed by atoms with van der Waals surface area (Å²) in [7, 11) is -4.50. The van der Waals surface area contributed by atoms with Gasteiger partial charge in [-0.15, -0.1) is 0 Å². The molecule has 0 atom stereocenters. The zero-order valence-corrected chi connectivity index (χ0v) is 13.1. The maximum Gasteiger partial charge on any atom is 0.416 e. The monoisotopic (exact) mass is 343 g/mol. The lowest BCUT2D eigenvalue weighted by atomic mass is 10.1. The first-order valence-corrected chi connectivity index (χ1v) is 7.82. The number of likely N-dealkylation sites (N-methyl/N-ethyl adjacent to an activating group) is 1. The third-order valence-electron chi connectivity index (χ3n) is 2.79. The summed E-state index contributed by atoms with van der Waals surface area (Å²) in [5.41, 5.74) is -2.67. The minimum Gasteiger partial charge on any atom is -0.389 e. The van der Waals surface area contributed by atoms with Gasteiger partial charge in [0.15, 0.2) is 0 Å². The predicted molar refractivity (Wildman–Crippen MR) is 72.1 cm³/mol. The number of nitrogens with zero attached hydrogens (tertiary/aromatic N) is 1. The molecular formula is C13H17F4NO3S. The molecule has 0 aliphatic heterocycles. The van der Waals surface area contributed by atoms with Crippen LogP contribution in [0.4, 0.5) is 17.6 Å². The summed E-state index contributed by atoms with van der Waals surface area (Å²) in [6, 6.07) is 1.20. The largest absolute Gasteiger partial charge is 0.416 e. The van der Waals surface area contributed by atoms with Crippen molar-refractivity contribution < 1.29 is 31.1 Å². The van der Waals surface area contributed by atoms with Crippen LogP contribution in [-0.2, 0) is 16.2 Å². The van der Waals surface area contributed by atoms with Gasteiger partial charge in [0.05, 0.1) is 11.2 Å². The Morgan fingerprint density at radius 3 is 2.18 bits per heavy atom. The number of aliphatic hydroxyl groups is 1. The Bertz CT molecular complexity index is 636. The SMILES string of the molecule is CCN(CC(C)(C)O)S(=O)(=O)c1cc(C(F)(F)F)ccc1F. The van der Waals surface area contributed by atoms with Gasteiger partial charge >= 0.3 is 6.18 Å². The van der Waals surface area contributed by atoms with E-state index in [2.05, 4.69) is 0 Å². The molecule has 126 valence electrons. The molecule has 0 heterocycles. The second-order valence-electron chi connectivity index (χ2n) is 5.39. The van der Waals surface area contributed by atoms with Crippen molar-refractivity contribution >= 4 is 10.0 Å². The number of halogens is 4. The van der Waals surface area contributed by atoms with Gasteiger partial charge in [-0.05, 0) is 32.0 Å². The quantitative estimate of drug-likeness (QED) is 0.836. The van der Waals surface area contributed by atoms with Gasteiger partial charge in [0.2, 0.25) is 10.0 Å². The van der Waals surface area contributed by atoms with Gasteiger partial charge in [-0.1, -0.05) is 6.92 Å². The number of hydrogen-bond donors (Lipinski definition) is 1. The molecule has 0 saturated carbocycles. The molecule has 1 rings (SSSR count). The van der Waals surface area contributed by atoms with Crippen molar-refractivity contribution in [1.82, 2.24) is 4.31 Å². The molecule has 0 unspecified atom stereocenters. The maximum atomic E-state index is 13.7. The van der Waals surface area contributed by atoms with Gasteiger partial charge in [-0.2, -0.15) is 17.5 Å². The fraction of sp³-hybridized carbons (Fsp3) is 0.538. The smallest absolute Gasteiger partial charge is 0.389 e. The molecule has 9 heteroatoms. The molecule has 4 nitrogen and oxygen atoms in total. The summed E-state index contributed by atoms with van der Waals surface area (Å²) >= 11 is 0. The Morgan fingerprint density at radius 2 is 1.77 bits per heavy atom. The van der Waals surface area contributed by atoms with Crippen molar-refractivity contribution in [1.29, 1.82) is 0 Å². The van der Waals surface area contributed by atoms with Crippen molar-refractivity contribution in [3.63, 3.8) is 0 Å². The van der Waals surface area contributed by atoms with Crippen LogP contribution in [0, 0.1) is 5.82 Å². The standard InChI is InChI=1S/C13H17F4NO3S/c1-4-18(8-12(2,3)19)22(20,21)11-7-9(13(15,16)17)5-6-10(11)14/h5-7,19H,4,8H2,1-3H3. The molecule has 1 aromatic rings. The zero-order chi connectivity index (χ0) is 17.3. The van der Waals surface area contributed by atoms with Crippen LogP contribution in [0.5, 0.6) is 0 Å². The van der Waals surface area contributed by atoms with E-state index in [9.17, 15) is 31.1 Å². The molecule has 0 aliphatic rings. The van der Waals surface area contributed by atoms with Crippen molar-refractivity contribution in [2.75, 3.05) is 13.1 Å². The van der Waals surface area contributed by atoms with E-state index in [1.165, 1.54) is 20.8 Å². The molecule has 22 heavy (non-hydrogen) atoms. The molecule has 1 aromatic carbocycles. The molecule has 0 aromatic heterocycles. The lowest BCUT2D eigenvalue weighted by Crippen LogP contribution is -2.42. The lowest BCUT2D eigenvalue weighted by molar-refractivity contribution is -0.137. The van der Waals surface area contributed by atoms with Crippen molar-refractivity contribution in [2.45, 2.75) is 37.4 Å². The predicted octanol–water partition coefficient (Wildman–Crippen LogP) is 2.63. The Hall–Kier alpha value is -1.19. The van der Waals surface area contributed by atoms with Gasteiger partial charge in [0.25, 0.3) is 0 Å². The maximum absolute atomic E-state index is 13.7. The minimum absolute atomic E-state index is 0.123. The van der Waals surface area contributed by atoms with Gasteiger partial charge in [0.1, 0.15) is 10.7 Å². The van der Waals surface area contributed by atoms with E-state index in [1.807, 2.05) is 0 Å². The first-order valence-electron chi connectivity index (χ1n) is 6.38. The summed E-state index contributed by atoms with van der Waals surface area (Å²) in [6.45, 7) is 3.62. The third-order valence-corrected chi connectivity index (χ3v) is 4.73. The second kappa shape index (κ2) is 6.13. The summed E-state index contributed by atoms with van der Waals surface area (Å²) in [5.74, 6) is -1.28. The Labute approximate surface area is 126 Å². The average Bonchev–Trinajstić information content (AvgIpc) is 2.33. The highest BCUT2D eigenvalue weighted by atomic mass is 32.2. The zero-order valence-electron chi connectivity index (χ0n) is 12.3. The lowest BCUT2D eigenvalue weighted by Gasteiger charge is -2.27. The summed E-state index contributed by atoms with van der Waals surface area (Å²) in [5, 5.41) is 9.70. The molecule has 0 saturated heterocycles. The van der Waals surface area contributed by atoms with Crippen LogP contribution < -0.4 is 0 Å². The van der Waals surface area contributed by atoms with Crippen LogP contribution in [0.2, 0.25) is 0 Å². The number of sulfonamides is 1. The van der Waals surface area contributed by atoms with Crippen LogP contribution in [0.15, 0.2) is 23.1 Å². The molecule has 0 spiro atoms. The Kier molecular flexibility index (Phi) is 5.26. The molecule has 0 fully saturated rings. The van der Waals surface area contributed by atoms with Crippen LogP contribution in [0.3, 0.4) is 0 Å². The van der Waals surface area contributed by atoms with E-state index in [0.29, 0.717) is 12.1 Å². The van der Waals surface area contributed by atoms with E-state index in [4.69, 9.17) is 0 Å². The highest BCUT2D eigenvalue weighted by Crippen LogP contribution is 2.32. The van der Waals surface area contributed by atoms with Crippen molar-refractivity contribution in [2.24, 2.45) is 0 Å². The highest BCUT2D eigenvalue weighted by Gasteiger charge is 2.35. The first-order chi connectivity index (χ1) is 9.79. The van der Waals surface area contributed by atoms with Gasteiger partial charge in [0, 0.05) is 13.1 Å². The number of hydrogen-bond acceptors (Lipinski definition) is 3. The number of benzene rings is 1. The number of alkyl halides is 3. The van der Waals surface area contributed by atoms with E-state index >= 15 is 0 Å². The van der Waals surface area contributed by atoms with Crippen LogP contribution in [-0.4, -0.2) is 36.5 Å².